The van der Waals surface area contributed by atoms with Gasteiger partial charge in [-0.3, -0.25) is 9.89 Å². The summed E-state index contributed by atoms with van der Waals surface area (Å²) < 4.78 is 24.8. The van der Waals surface area contributed by atoms with E-state index in [4.69, 9.17) is 0 Å². The number of aliphatic imine (C=N–C) groups is 1. The summed E-state index contributed by atoms with van der Waals surface area (Å²) in [6.07, 6.45) is 5.18. The smallest absolute Gasteiger partial charge is 0.251 e. The SMILES string of the molecule is CN=C(NCC(C1CC1)C1CC1)NC1CCN(CC(F)F)CC1. The fourth-order valence-corrected chi connectivity index (χ4v) is 3.82. The lowest BCUT2D eigenvalue weighted by Gasteiger charge is -2.33. The van der Waals surface area contributed by atoms with Crippen molar-refractivity contribution in [2.45, 2.75) is 51.0 Å². The summed E-state index contributed by atoms with van der Waals surface area (Å²) in [5, 5.41) is 6.99. The van der Waals surface area contributed by atoms with Crippen molar-refractivity contribution < 1.29 is 8.78 Å². The number of hydrogen-bond acceptors (Lipinski definition) is 2. The maximum absolute atomic E-state index is 12.4. The minimum Gasteiger partial charge on any atom is -0.356 e. The first-order chi connectivity index (χ1) is 11.2. The summed E-state index contributed by atoms with van der Waals surface area (Å²) in [5.74, 6) is 3.57. The van der Waals surface area contributed by atoms with Gasteiger partial charge in [0, 0.05) is 32.7 Å². The molecule has 1 aliphatic heterocycles. The Labute approximate surface area is 138 Å². The minimum atomic E-state index is -2.23. The summed E-state index contributed by atoms with van der Waals surface area (Å²) in [6, 6.07) is 0.343. The largest absolute Gasteiger partial charge is 0.356 e. The van der Waals surface area contributed by atoms with Gasteiger partial charge in [0.25, 0.3) is 6.43 Å². The molecule has 0 aromatic rings. The van der Waals surface area contributed by atoms with E-state index in [2.05, 4.69) is 15.6 Å². The maximum atomic E-state index is 12.4. The predicted molar refractivity (Wildman–Crippen MR) is 88.9 cm³/mol. The van der Waals surface area contributed by atoms with E-state index in [1.165, 1.54) is 25.7 Å². The predicted octanol–water partition coefficient (Wildman–Crippen LogP) is 2.32. The fraction of sp³-hybridized carbons (Fsp3) is 0.941. The van der Waals surface area contributed by atoms with Crippen molar-refractivity contribution in [3.8, 4) is 0 Å². The van der Waals surface area contributed by atoms with Crippen LogP contribution in [0.5, 0.6) is 0 Å². The Hall–Kier alpha value is -0.910. The molecule has 3 aliphatic rings. The summed E-state index contributed by atoms with van der Waals surface area (Å²) in [7, 11) is 1.81. The Morgan fingerprint density at radius 3 is 2.17 bits per heavy atom. The first kappa shape index (κ1) is 16.9. The molecule has 0 amide bonds. The average Bonchev–Trinajstić information content (AvgIpc) is 3.41. The highest BCUT2D eigenvalue weighted by atomic mass is 19.3. The van der Waals surface area contributed by atoms with Crippen LogP contribution in [0.25, 0.3) is 0 Å². The summed E-state index contributed by atoms with van der Waals surface area (Å²) in [5.41, 5.74) is 0. The number of likely N-dealkylation sites (tertiary alicyclic amines) is 1. The van der Waals surface area contributed by atoms with E-state index >= 15 is 0 Å². The van der Waals surface area contributed by atoms with Gasteiger partial charge in [-0.15, -0.1) is 0 Å². The maximum Gasteiger partial charge on any atom is 0.251 e. The Morgan fingerprint density at radius 1 is 1.09 bits per heavy atom. The zero-order valence-corrected chi connectivity index (χ0v) is 14.1. The van der Waals surface area contributed by atoms with Crippen LogP contribution >= 0.6 is 0 Å². The molecular weight excluding hydrogens is 298 g/mol. The summed E-state index contributed by atoms with van der Waals surface area (Å²) in [4.78, 5) is 6.20. The first-order valence-corrected chi connectivity index (χ1v) is 9.13. The second-order valence-electron chi connectivity index (χ2n) is 7.40. The van der Waals surface area contributed by atoms with Crippen LogP contribution in [0.15, 0.2) is 4.99 Å². The van der Waals surface area contributed by atoms with Crippen LogP contribution in [0, 0.1) is 17.8 Å². The first-order valence-electron chi connectivity index (χ1n) is 9.13. The lowest BCUT2D eigenvalue weighted by molar-refractivity contribution is 0.0744. The van der Waals surface area contributed by atoms with Crippen molar-refractivity contribution in [3.05, 3.63) is 0 Å². The van der Waals surface area contributed by atoms with Crippen molar-refractivity contribution in [1.29, 1.82) is 0 Å². The Balaban J connectivity index is 1.38. The molecule has 2 N–H and O–H groups in total. The van der Waals surface area contributed by atoms with Gasteiger partial charge in [-0.25, -0.2) is 8.78 Å². The zero-order chi connectivity index (χ0) is 16.2. The zero-order valence-electron chi connectivity index (χ0n) is 14.1. The molecule has 0 aromatic carbocycles. The Bertz CT molecular complexity index is 387. The molecule has 0 unspecified atom stereocenters. The second kappa shape index (κ2) is 7.77. The standard InChI is InChI=1S/C17H30F2N4/c1-20-17(21-10-15(12-2-3-12)13-4-5-13)22-14-6-8-23(9-7-14)11-16(18)19/h12-16H,2-11H2,1H3,(H2,20,21,22). The molecule has 3 rings (SSSR count). The number of nitrogens with zero attached hydrogens (tertiary/aromatic N) is 2. The minimum absolute atomic E-state index is 0.0931. The van der Waals surface area contributed by atoms with E-state index in [-0.39, 0.29) is 6.54 Å². The third-order valence-electron chi connectivity index (χ3n) is 5.51. The number of rotatable bonds is 7. The van der Waals surface area contributed by atoms with Gasteiger partial charge in [-0.05, 0) is 56.3 Å². The summed E-state index contributed by atoms with van der Waals surface area (Å²) in [6.45, 7) is 2.42. The molecule has 23 heavy (non-hydrogen) atoms. The molecule has 0 bridgehead atoms. The number of halogens is 2. The van der Waals surface area contributed by atoms with Crippen LogP contribution in [0.1, 0.15) is 38.5 Å². The quantitative estimate of drug-likeness (QED) is 0.556. The van der Waals surface area contributed by atoms with Gasteiger partial charge in [0.05, 0.1) is 6.54 Å². The monoisotopic (exact) mass is 328 g/mol. The molecule has 0 spiro atoms. The molecule has 4 nitrogen and oxygen atoms in total. The van der Waals surface area contributed by atoms with Crippen LogP contribution in [0.2, 0.25) is 0 Å². The van der Waals surface area contributed by atoms with E-state index in [1.54, 1.807) is 0 Å². The molecule has 0 aromatic heterocycles. The number of alkyl halides is 2. The van der Waals surface area contributed by atoms with Gasteiger partial charge in [0.15, 0.2) is 5.96 Å². The lowest BCUT2D eigenvalue weighted by Crippen LogP contribution is -2.50. The van der Waals surface area contributed by atoms with Crippen LogP contribution in [0.3, 0.4) is 0 Å². The van der Waals surface area contributed by atoms with Gasteiger partial charge >= 0.3 is 0 Å². The van der Waals surface area contributed by atoms with Gasteiger partial charge in [0.2, 0.25) is 0 Å². The molecular formula is C17H30F2N4. The molecule has 3 fully saturated rings. The van der Waals surface area contributed by atoms with Crippen LogP contribution in [-0.2, 0) is 0 Å². The van der Waals surface area contributed by atoms with E-state index in [0.717, 1.165) is 56.2 Å². The molecule has 0 atom stereocenters. The van der Waals surface area contributed by atoms with Crippen molar-refractivity contribution in [2.24, 2.45) is 22.7 Å². The van der Waals surface area contributed by atoms with Crippen LogP contribution in [0.4, 0.5) is 8.78 Å². The molecule has 132 valence electrons. The van der Waals surface area contributed by atoms with Crippen molar-refractivity contribution in [3.63, 3.8) is 0 Å². The van der Waals surface area contributed by atoms with E-state index < -0.39 is 6.43 Å². The lowest BCUT2D eigenvalue weighted by atomic mass is 9.98. The molecule has 1 heterocycles. The number of guanidine groups is 1. The van der Waals surface area contributed by atoms with Crippen molar-refractivity contribution in [1.82, 2.24) is 15.5 Å². The third-order valence-corrected chi connectivity index (χ3v) is 5.51. The molecule has 0 radical (unpaired) electrons. The van der Waals surface area contributed by atoms with Gasteiger partial charge < -0.3 is 10.6 Å². The average molecular weight is 328 g/mol. The highest BCUT2D eigenvalue weighted by molar-refractivity contribution is 5.80. The topological polar surface area (TPSA) is 39.7 Å². The number of piperidine rings is 1. The molecule has 2 saturated carbocycles. The normalized spacial score (nSPS) is 24.5. The highest BCUT2D eigenvalue weighted by Crippen LogP contribution is 2.48. The van der Waals surface area contributed by atoms with Gasteiger partial charge in [-0.1, -0.05) is 0 Å². The second-order valence-corrected chi connectivity index (χ2v) is 7.40. The Kier molecular flexibility index (Phi) is 5.72. The third kappa shape index (κ3) is 5.30. The fourth-order valence-electron chi connectivity index (χ4n) is 3.82. The van der Waals surface area contributed by atoms with Crippen LogP contribution in [-0.4, -0.2) is 56.6 Å². The van der Waals surface area contributed by atoms with E-state index in [0.29, 0.717) is 6.04 Å². The van der Waals surface area contributed by atoms with E-state index in [9.17, 15) is 8.78 Å². The van der Waals surface area contributed by atoms with Gasteiger partial charge in [-0.2, -0.15) is 0 Å². The van der Waals surface area contributed by atoms with Gasteiger partial charge in [0.1, 0.15) is 0 Å². The van der Waals surface area contributed by atoms with Crippen molar-refractivity contribution in [2.75, 3.05) is 33.2 Å². The van der Waals surface area contributed by atoms with Crippen molar-refractivity contribution >= 4 is 5.96 Å². The number of hydrogen-bond donors (Lipinski definition) is 2. The van der Waals surface area contributed by atoms with Crippen LogP contribution < -0.4 is 10.6 Å². The van der Waals surface area contributed by atoms with E-state index in [1.807, 2.05) is 11.9 Å². The highest BCUT2D eigenvalue weighted by Gasteiger charge is 2.41. The Morgan fingerprint density at radius 2 is 1.70 bits per heavy atom. The molecule has 2 aliphatic carbocycles. The summed E-state index contributed by atoms with van der Waals surface area (Å²) >= 11 is 0. The number of nitrogens with one attached hydrogen (secondary N) is 2. The molecule has 6 heteroatoms. The molecule has 1 saturated heterocycles.